The van der Waals surface area contributed by atoms with Crippen LogP contribution in [0.4, 0.5) is 0 Å². The molecule has 0 aromatic carbocycles. The van der Waals surface area contributed by atoms with E-state index < -0.39 is 0 Å². The molecular weight excluding hydrogens is 238 g/mol. The van der Waals surface area contributed by atoms with Crippen LogP contribution < -0.4 is 10.6 Å². The second-order valence-corrected chi connectivity index (χ2v) is 6.37. The van der Waals surface area contributed by atoms with E-state index in [9.17, 15) is 4.79 Å². The normalized spacial score (nSPS) is 23.6. The van der Waals surface area contributed by atoms with E-state index in [0.29, 0.717) is 12.1 Å². The van der Waals surface area contributed by atoms with E-state index in [-0.39, 0.29) is 11.9 Å². The molecule has 0 radical (unpaired) electrons. The van der Waals surface area contributed by atoms with Crippen molar-refractivity contribution in [2.45, 2.75) is 76.5 Å². The van der Waals surface area contributed by atoms with E-state index in [2.05, 4.69) is 29.5 Å². The molecule has 2 aliphatic rings. The summed E-state index contributed by atoms with van der Waals surface area (Å²) in [6.07, 6.45) is 7.49. The third-order valence-corrected chi connectivity index (χ3v) is 4.63. The van der Waals surface area contributed by atoms with Crippen LogP contribution in [0.1, 0.15) is 52.4 Å². The van der Waals surface area contributed by atoms with Crippen molar-refractivity contribution in [2.75, 3.05) is 13.6 Å². The lowest BCUT2D eigenvalue weighted by Gasteiger charge is -2.26. The van der Waals surface area contributed by atoms with Crippen LogP contribution in [0, 0.1) is 0 Å². The SMILES string of the molecule is CC(NCC(C)N(C)C1CC1)C(=O)NC1CCCC1. The molecule has 0 aliphatic heterocycles. The van der Waals surface area contributed by atoms with Crippen molar-refractivity contribution in [3.63, 3.8) is 0 Å². The van der Waals surface area contributed by atoms with Crippen LogP contribution in [0.15, 0.2) is 0 Å². The molecule has 110 valence electrons. The quantitative estimate of drug-likeness (QED) is 0.735. The van der Waals surface area contributed by atoms with Gasteiger partial charge < -0.3 is 10.6 Å². The summed E-state index contributed by atoms with van der Waals surface area (Å²) in [6, 6.07) is 1.60. The lowest BCUT2D eigenvalue weighted by Crippen LogP contribution is -2.49. The maximum absolute atomic E-state index is 12.0. The lowest BCUT2D eigenvalue weighted by molar-refractivity contribution is -0.123. The van der Waals surface area contributed by atoms with Gasteiger partial charge in [-0.05, 0) is 46.6 Å². The summed E-state index contributed by atoms with van der Waals surface area (Å²) >= 11 is 0. The van der Waals surface area contributed by atoms with Gasteiger partial charge in [0.2, 0.25) is 5.91 Å². The highest BCUT2D eigenvalue weighted by molar-refractivity contribution is 5.81. The highest BCUT2D eigenvalue weighted by Crippen LogP contribution is 2.26. The molecule has 2 rings (SSSR count). The summed E-state index contributed by atoms with van der Waals surface area (Å²) in [5.41, 5.74) is 0. The Morgan fingerprint density at radius 2 is 1.84 bits per heavy atom. The van der Waals surface area contributed by atoms with Gasteiger partial charge in [0.1, 0.15) is 0 Å². The number of hydrogen-bond acceptors (Lipinski definition) is 3. The van der Waals surface area contributed by atoms with E-state index in [1.165, 1.54) is 25.7 Å². The van der Waals surface area contributed by atoms with Gasteiger partial charge in [0.25, 0.3) is 0 Å². The average Bonchev–Trinajstić information content (AvgIpc) is 3.13. The Hall–Kier alpha value is -0.610. The number of carbonyl (C=O) groups excluding carboxylic acids is 1. The fraction of sp³-hybridized carbons (Fsp3) is 0.933. The molecule has 2 aliphatic carbocycles. The van der Waals surface area contributed by atoms with Crippen molar-refractivity contribution in [3.8, 4) is 0 Å². The van der Waals surface area contributed by atoms with Crippen molar-refractivity contribution in [2.24, 2.45) is 0 Å². The van der Waals surface area contributed by atoms with Gasteiger partial charge in [0, 0.05) is 24.7 Å². The van der Waals surface area contributed by atoms with Gasteiger partial charge in [-0.1, -0.05) is 12.8 Å². The van der Waals surface area contributed by atoms with Crippen LogP contribution in [0.5, 0.6) is 0 Å². The summed E-state index contributed by atoms with van der Waals surface area (Å²) in [7, 11) is 2.19. The van der Waals surface area contributed by atoms with Gasteiger partial charge in [-0.3, -0.25) is 9.69 Å². The molecule has 2 saturated carbocycles. The number of hydrogen-bond donors (Lipinski definition) is 2. The molecule has 1 amide bonds. The van der Waals surface area contributed by atoms with Crippen LogP contribution in [0.3, 0.4) is 0 Å². The second-order valence-electron chi connectivity index (χ2n) is 6.37. The van der Waals surface area contributed by atoms with Gasteiger partial charge >= 0.3 is 0 Å². The largest absolute Gasteiger partial charge is 0.352 e. The highest BCUT2D eigenvalue weighted by Gasteiger charge is 2.29. The summed E-state index contributed by atoms with van der Waals surface area (Å²) in [6.45, 7) is 5.08. The van der Waals surface area contributed by atoms with Crippen molar-refractivity contribution < 1.29 is 4.79 Å². The van der Waals surface area contributed by atoms with Crippen LogP contribution in [-0.4, -0.2) is 48.6 Å². The first-order chi connectivity index (χ1) is 9.08. The Kier molecular flexibility index (Phi) is 5.22. The zero-order chi connectivity index (χ0) is 13.8. The van der Waals surface area contributed by atoms with Crippen molar-refractivity contribution in [3.05, 3.63) is 0 Å². The fourth-order valence-electron chi connectivity index (χ4n) is 2.82. The minimum atomic E-state index is -0.0874. The molecule has 0 spiro atoms. The molecule has 0 bridgehead atoms. The molecule has 0 saturated heterocycles. The van der Waals surface area contributed by atoms with E-state index in [4.69, 9.17) is 0 Å². The Bertz CT molecular complexity index is 298. The summed E-state index contributed by atoms with van der Waals surface area (Å²) < 4.78 is 0. The van der Waals surface area contributed by atoms with E-state index in [0.717, 1.165) is 25.4 Å². The summed E-state index contributed by atoms with van der Waals surface area (Å²) in [5, 5.41) is 6.52. The molecule has 2 N–H and O–H groups in total. The molecule has 2 fully saturated rings. The van der Waals surface area contributed by atoms with Crippen LogP contribution >= 0.6 is 0 Å². The molecule has 4 heteroatoms. The third-order valence-electron chi connectivity index (χ3n) is 4.63. The van der Waals surface area contributed by atoms with Crippen molar-refractivity contribution >= 4 is 5.91 Å². The average molecular weight is 267 g/mol. The minimum Gasteiger partial charge on any atom is -0.352 e. The fourth-order valence-corrected chi connectivity index (χ4v) is 2.82. The lowest BCUT2D eigenvalue weighted by atomic mass is 10.2. The van der Waals surface area contributed by atoms with Gasteiger partial charge in [0.05, 0.1) is 6.04 Å². The molecule has 19 heavy (non-hydrogen) atoms. The van der Waals surface area contributed by atoms with Crippen LogP contribution in [0.2, 0.25) is 0 Å². The molecule has 0 heterocycles. The van der Waals surface area contributed by atoms with Crippen LogP contribution in [-0.2, 0) is 4.79 Å². The van der Waals surface area contributed by atoms with Gasteiger partial charge in [-0.2, -0.15) is 0 Å². The van der Waals surface area contributed by atoms with Gasteiger partial charge in [0.15, 0.2) is 0 Å². The number of nitrogens with zero attached hydrogens (tertiary/aromatic N) is 1. The third kappa shape index (κ3) is 4.46. The maximum Gasteiger partial charge on any atom is 0.237 e. The first-order valence-corrected chi connectivity index (χ1v) is 7.83. The zero-order valence-corrected chi connectivity index (χ0v) is 12.6. The standard InChI is InChI=1S/C15H29N3O/c1-11(18(3)14-8-9-14)10-16-12(2)15(19)17-13-6-4-5-7-13/h11-14,16H,4-10H2,1-3H3,(H,17,19). The maximum atomic E-state index is 12.0. The first-order valence-electron chi connectivity index (χ1n) is 7.83. The number of rotatable bonds is 7. The van der Waals surface area contributed by atoms with Crippen molar-refractivity contribution in [1.82, 2.24) is 15.5 Å². The molecule has 0 aromatic heterocycles. The second kappa shape index (κ2) is 6.71. The highest BCUT2D eigenvalue weighted by atomic mass is 16.2. The molecular formula is C15H29N3O. The monoisotopic (exact) mass is 267 g/mol. The number of carbonyl (C=O) groups is 1. The molecule has 2 atom stereocenters. The predicted octanol–water partition coefficient (Wildman–Crippen LogP) is 1.51. The Balaban J connectivity index is 1.64. The summed E-state index contributed by atoms with van der Waals surface area (Å²) in [5.74, 6) is 0.160. The van der Waals surface area contributed by atoms with E-state index in [1.54, 1.807) is 0 Å². The smallest absolute Gasteiger partial charge is 0.237 e. The number of likely N-dealkylation sites (N-methyl/N-ethyl adjacent to an activating group) is 1. The van der Waals surface area contributed by atoms with Crippen molar-refractivity contribution in [1.29, 1.82) is 0 Å². The topological polar surface area (TPSA) is 44.4 Å². The van der Waals surface area contributed by atoms with Crippen LogP contribution in [0.25, 0.3) is 0 Å². The number of amides is 1. The number of nitrogens with one attached hydrogen (secondary N) is 2. The van der Waals surface area contributed by atoms with Gasteiger partial charge in [-0.15, -0.1) is 0 Å². The Labute approximate surface area is 117 Å². The van der Waals surface area contributed by atoms with E-state index >= 15 is 0 Å². The Morgan fingerprint density at radius 1 is 1.21 bits per heavy atom. The first kappa shape index (κ1) is 14.8. The molecule has 2 unspecified atom stereocenters. The van der Waals surface area contributed by atoms with Gasteiger partial charge in [-0.25, -0.2) is 0 Å². The molecule has 0 aromatic rings. The minimum absolute atomic E-state index is 0.0874. The Morgan fingerprint density at radius 3 is 2.42 bits per heavy atom. The zero-order valence-electron chi connectivity index (χ0n) is 12.6. The molecule has 4 nitrogen and oxygen atoms in total. The van der Waals surface area contributed by atoms with E-state index in [1.807, 2.05) is 6.92 Å². The predicted molar refractivity (Wildman–Crippen MR) is 78.1 cm³/mol. The summed E-state index contributed by atoms with van der Waals surface area (Å²) in [4.78, 5) is 14.5.